The fourth-order valence-corrected chi connectivity index (χ4v) is 5.65. The van der Waals surface area contributed by atoms with Crippen LogP contribution < -0.4 is 5.32 Å². The molecule has 1 aromatic heterocycles. The Morgan fingerprint density at radius 3 is 2.58 bits per heavy atom. The number of amides is 2. The number of carbonyl (C=O) groups is 2. The minimum absolute atomic E-state index is 0.0805. The number of hydrogen-bond acceptors (Lipinski definition) is 5. The van der Waals surface area contributed by atoms with Crippen molar-refractivity contribution in [1.82, 2.24) is 24.1 Å². The Balaban J connectivity index is 1.75. The molecule has 2 heterocycles. The standard InChI is InChI=1S/C21H27N5O4S/c1-24(2)19(27)13-25-12-17-20(21(28)23-15-8-4-3-5-9-15)22-14-26(17)16-10-6-7-11-18(16)31(25,29)30/h6-7,10-11,14-15H,3-5,8-9,12-13H2,1-2H3,(H,23,28). The molecule has 1 fully saturated rings. The summed E-state index contributed by atoms with van der Waals surface area (Å²) in [5.41, 5.74) is 1.06. The van der Waals surface area contributed by atoms with E-state index < -0.39 is 10.0 Å². The zero-order valence-electron chi connectivity index (χ0n) is 17.7. The van der Waals surface area contributed by atoms with E-state index in [1.165, 1.54) is 23.7 Å². The Labute approximate surface area is 182 Å². The lowest BCUT2D eigenvalue weighted by molar-refractivity contribution is -0.128. The summed E-state index contributed by atoms with van der Waals surface area (Å²) >= 11 is 0. The van der Waals surface area contributed by atoms with E-state index in [4.69, 9.17) is 0 Å². The maximum absolute atomic E-state index is 13.4. The molecule has 1 aromatic carbocycles. The highest BCUT2D eigenvalue weighted by Crippen LogP contribution is 2.31. The summed E-state index contributed by atoms with van der Waals surface area (Å²) in [6, 6.07) is 6.67. The van der Waals surface area contributed by atoms with Crippen LogP contribution in [0.1, 0.15) is 48.3 Å². The zero-order chi connectivity index (χ0) is 22.2. The second kappa shape index (κ2) is 8.43. The summed E-state index contributed by atoms with van der Waals surface area (Å²) in [5, 5.41) is 3.05. The average molecular weight is 446 g/mol. The lowest BCUT2D eigenvalue weighted by Crippen LogP contribution is -2.40. The number of hydrogen-bond donors (Lipinski definition) is 1. The molecule has 0 radical (unpaired) electrons. The van der Waals surface area contributed by atoms with Gasteiger partial charge >= 0.3 is 0 Å². The van der Waals surface area contributed by atoms with Crippen LogP contribution in [0.5, 0.6) is 0 Å². The Kier molecular flexibility index (Phi) is 5.85. The van der Waals surface area contributed by atoms with Crippen LogP contribution in [0, 0.1) is 0 Å². The first kappa shape index (κ1) is 21.5. The first-order chi connectivity index (χ1) is 14.8. The Morgan fingerprint density at radius 2 is 1.87 bits per heavy atom. The molecule has 0 unspecified atom stereocenters. The van der Waals surface area contributed by atoms with Crippen molar-refractivity contribution >= 4 is 21.8 Å². The summed E-state index contributed by atoms with van der Waals surface area (Å²) in [7, 11) is -0.795. The largest absolute Gasteiger partial charge is 0.348 e. The summed E-state index contributed by atoms with van der Waals surface area (Å²) in [6.07, 6.45) is 6.69. The van der Waals surface area contributed by atoms with Crippen LogP contribution in [0.4, 0.5) is 0 Å². The molecular weight excluding hydrogens is 418 g/mol. The first-order valence-electron chi connectivity index (χ1n) is 10.5. The second-order valence-electron chi connectivity index (χ2n) is 8.25. The van der Waals surface area contributed by atoms with Gasteiger partial charge in [0.05, 0.1) is 24.5 Å². The van der Waals surface area contributed by atoms with Gasteiger partial charge in [0, 0.05) is 20.1 Å². The van der Waals surface area contributed by atoms with Gasteiger partial charge in [-0.1, -0.05) is 31.4 Å². The van der Waals surface area contributed by atoms with E-state index in [0.717, 1.165) is 30.0 Å². The van der Waals surface area contributed by atoms with E-state index in [9.17, 15) is 18.0 Å². The predicted molar refractivity (Wildman–Crippen MR) is 114 cm³/mol. The third kappa shape index (κ3) is 4.09. The number of nitrogens with zero attached hydrogens (tertiary/aromatic N) is 4. The van der Waals surface area contributed by atoms with Crippen molar-refractivity contribution in [3.05, 3.63) is 42.0 Å². The first-order valence-corrected chi connectivity index (χ1v) is 11.9. The molecule has 2 aliphatic rings. The molecule has 1 N–H and O–H groups in total. The highest BCUT2D eigenvalue weighted by atomic mass is 32.2. The van der Waals surface area contributed by atoms with E-state index in [2.05, 4.69) is 10.3 Å². The van der Waals surface area contributed by atoms with E-state index in [1.54, 1.807) is 36.9 Å². The number of para-hydroxylation sites is 1. The molecule has 0 saturated heterocycles. The zero-order valence-corrected chi connectivity index (χ0v) is 18.6. The highest BCUT2D eigenvalue weighted by Gasteiger charge is 2.36. The van der Waals surface area contributed by atoms with Gasteiger partial charge in [-0.15, -0.1) is 0 Å². The van der Waals surface area contributed by atoms with Crippen molar-refractivity contribution < 1.29 is 18.0 Å². The minimum Gasteiger partial charge on any atom is -0.348 e. The van der Waals surface area contributed by atoms with Crippen LogP contribution in [0.3, 0.4) is 0 Å². The molecular formula is C21H27N5O4S. The SMILES string of the molecule is CN(C)C(=O)CN1Cc2c(C(=O)NC3CCCCC3)ncn2-c2ccccc2S1(=O)=O. The molecule has 9 nitrogen and oxygen atoms in total. The molecule has 4 rings (SSSR count). The Bertz CT molecular complexity index is 1100. The number of imidazole rings is 1. The quantitative estimate of drug-likeness (QED) is 0.769. The second-order valence-corrected chi connectivity index (χ2v) is 10.2. The lowest BCUT2D eigenvalue weighted by Gasteiger charge is -2.23. The smallest absolute Gasteiger partial charge is 0.272 e. The lowest BCUT2D eigenvalue weighted by atomic mass is 9.95. The third-order valence-corrected chi connectivity index (χ3v) is 7.74. The monoisotopic (exact) mass is 445 g/mol. The Hall–Kier alpha value is -2.72. The Morgan fingerprint density at radius 1 is 1.16 bits per heavy atom. The normalized spacial score (nSPS) is 18.5. The number of aromatic nitrogens is 2. The predicted octanol–water partition coefficient (Wildman–Crippen LogP) is 1.53. The number of nitrogens with one attached hydrogen (secondary N) is 1. The van der Waals surface area contributed by atoms with Crippen molar-refractivity contribution in [3.8, 4) is 5.69 Å². The van der Waals surface area contributed by atoms with Crippen LogP contribution in [0.15, 0.2) is 35.5 Å². The summed E-state index contributed by atoms with van der Waals surface area (Å²) in [5.74, 6) is -0.654. The number of fused-ring (bicyclic) bond motifs is 3. The van der Waals surface area contributed by atoms with E-state index in [1.807, 2.05) is 0 Å². The number of sulfonamides is 1. The van der Waals surface area contributed by atoms with Crippen molar-refractivity contribution in [1.29, 1.82) is 0 Å². The van der Waals surface area contributed by atoms with Gasteiger partial charge in [-0.25, -0.2) is 13.4 Å². The van der Waals surface area contributed by atoms with Gasteiger partial charge < -0.3 is 10.2 Å². The molecule has 31 heavy (non-hydrogen) atoms. The van der Waals surface area contributed by atoms with Crippen molar-refractivity contribution in [2.45, 2.75) is 49.6 Å². The molecule has 10 heteroatoms. The molecule has 2 amide bonds. The van der Waals surface area contributed by atoms with E-state index in [0.29, 0.717) is 11.4 Å². The maximum atomic E-state index is 13.4. The molecule has 1 aliphatic heterocycles. The van der Waals surface area contributed by atoms with Gasteiger partial charge in [-0.05, 0) is 25.0 Å². The van der Waals surface area contributed by atoms with Gasteiger partial charge in [0.25, 0.3) is 5.91 Å². The van der Waals surface area contributed by atoms with Gasteiger partial charge in [-0.2, -0.15) is 4.31 Å². The third-order valence-electron chi connectivity index (χ3n) is 5.90. The van der Waals surface area contributed by atoms with Crippen LogP contribution in [-0.4, -0.2) is 65.7 Å². The molecule has 0 atom stereocenters. The fraction of sp³-hybridized carbons (Fsp3) is 0.476. The number of carbonyl (C=O) groups excluding carboxylic acids is 2. The molecule has 0 bridgehead atoms. The van der Waals surface area contributed by atoms with Gasteiger partial charge in [-0.3, -0.25) is 14.2 Å². The van der Waals surface area contributed by atoms with Gasteiger partial charge in [0.2, 0.25) is 15.9 Å². The average Bonchev–Trinajstić information content (AvgIpc) is 3.14. The van der Waals surface area contributed by atoms with E-state index in [-0.39, 0.29) is 41.5 Å². The van der Waals surface area contributed by atoms with Crippen LogP contribution in [-0.2, 0) is 21.4 Å². The van der Waals surface area contributed by atoms with Crippen molar-refractivity contribution in [2.75, 3.05) is 20.6 Å². The van der Waals surface area contributed by atoms with Crippen LogP contribution in [0.2, 0.25) is 0 Å². The van der Waals surface area contributed by atoms with Gasteiger partial charge in [0.15, 0.2) is 5.69 Å². The highest BCUT2D eigenvalue weighted by molar-refractivity contribution is 7.89. The van der Waals surface area contributed by atoms with Crippen LogP contribution >= 0.6 is 0 Å². The molecule has 0 spiro atoms. The van der Waals surface area contributed by atoms with Gasteiger partial charge in [0.1, 0.15) is 11.2 Å². The summed E-state index contributed by atoms with van der Waals surface area (Å²) in [6.45, 7) is -0.442. The van der Waals surface area contributed by atoms with Crippen molar-refractivity contribution in [3.63, 3.8) is 0 Å². The fourth-order valence-electron chi connectivity index (χ4n) is 4.12. The number of benzene rings is 1. The molecule has 1 aliphatic carbocycles. The number of rotatable bonds is 4. The number of likely N-dealkylation sites (N-methyl/N-ethyl adjacent to an activating group) is 1. The molecule has 166 valence electrons. The molecule has 1 saturated carbocycles. The maximum Gasteiger partial charge on any atom is 0.272 e. The van der Waals surface area contributed by atoms with Crippen LogP contribution in [0.25, 0.3) is 5.69 Å². The summed E-state index contributed by atoms with van der Waals surface area (Å²) in [4.78, 5) is 31.2. The molecule has 2 aromatic rings. The van der Waals surface area contributed by atoms with Crippen molar-refractivity contribution in [2.24, 2.45) is 0 Å². The summed E-state index contributed by atoms with van der Waals surface area (Å²) < 4.78 is 29.5. The van der Waals surface area contributed by atoms with E-state index >= 15 is 0 Å². The topological polar surface area (TPSA) is 105 Å². The minimum atomic E-state index is -3.95.